The molecule has 0 saturated heterocycles. The molecule has 0 unspecified atom stereocenters. The number of nitrogens with one attached hydrogen (secondary N) is 1. The topological polar surface area (TPSA) is 28.7 Å². The van der Waals surface area contributed by atoms with Crippen molar-refractivity contribution in [2.24, 2.45) is 0 Å². The Bertz CT molecular complexity index is 734. The molecular formula is C14H9F3N2. The van der Waals surface area contributed by atoms with E-state index in [-0.39, 0.29) is 5.56 Å². The SMILES string of the molecule is Fc1ccc2nc(-c3ccccc3C(F)F)[nH]c2c1. The highest BCUT2D eigenvalue weighted by molar-refractivity contribution is 5.80. The normalized spacial score (nSPS) is 11.4. The standard InChI is InChI=1S/C14H9F3N2/c15-8-5-6-11-12(7-8)19-14(18-11)10-4-2-1-3-9(10)13(16)17/h1-7,13H,(H,18,19). The Morgan fingerprint density at radius 1 is 1.05 bits per heavy atom. The molecule has 3 aromatic rings. The van der Waals surface area contributed by atoms with Crippen LogP contribution in [0.4, 0.5) is 13.2 Å². The molecule has 96 valence electrons. The highest BCUT2D eigenvalue weighted by Gasteiger charge is 2.16. The van der Waals surface area contributed by atoms with Crippen LogP contribution in [-0.4, -0.2) is 9.97 Å². The second-order valence-electron chi connectivity index (χ2n) is 4.13. The third-order valence-corrected chi connectivity index (χ3v) is 2.89. The van der Waals surface area contributed by atoms with Gasteiger partial charge < -0.3 is 4.98 Å². The van der Waals surface area contributed by atoms with Crippen molar-refractivity contribution in [2.75, 3.05) is 0 Å². The zero-order chi connectivity index (χ0) is 13.4. The predicted octanol–water partition coefficient (Wildman–Crippen LogP) is 4.31. The Morgan fingerprint density at radius 2 is 1.84 bits per heavy atom. The van der Waals surface area contributed by atoms with Gasteiger partial charge in [0, 0.05) is 11.1 Å². The van der Waals surface area contributed by atoms with E-state index in [9.17, 15) is 13.2 Å². The Morgan fingerprint density at radius 3 is 2.63 bits per heavy atom. The number of alkyl halides is 2. The van der Waals surface area contributed by atoms with Crippen molar-refractivity contribution in [3.8, 4) is 11.4 Å². The van der Waals surface area contributed by atoms with E-state index in [1.54, 1.807) is 18.2 Å². The van der Waals surface area contributed by atoms with Crippen molar-refractivity contribution in [3.63, 3.8) is 0 Å². The van der Waals surface area contributed by atoms with Gasteiger partial charge in [-0.2, -0.15) is 0 Å². The molecule has 3 rings (SSSR count). The lowest BCUT2D eigenvalue weighted by Crippen LogP contribution is -1.90. The van der Waals surface area contributed by atoms with Crippen LogP contribution in [0.5, 0.6) is 0 Å². The number of halogens is 3. The number of fused-ring (bicyclic) bond motifs is 1. The summed E-state index contributed by atoms with van der Waals surface area (Å²) in [5, 5.41) is 0. The van der Waals surface area contributed by atoms with E-state index in [1.165, 1.54) is 24.3 Å². The molecule has 0 bridgehead atoms. The Kier molecular flexibility index (Phi) is 2.74. The van der Waals surface area contributed by atoms with Gasteiger partial charge in [0.15, 0.2) is 0 Å². The summed E-state index contributed by atoms with van der Waals surface area (Å²) in [4.78, 5) is 7.08. The molecular weight excluding hydrogens is 253 g/mol. The van der Waals surface area contributed by atoms with Gasteiger partial charge in [-0.05, 0) is 18.2 Å². The summed E-state index contributed by atoms with van der Waals surface area (Å²) < 4.78 is 39.0. The molecule has 0 amide bonds. The van der Waals surface area contributed by atoms with Crippen molar-refractivity contribution in [1.82, 2.24) is 9.97 Å². The zero-order valence-corrected chi connectivity index (χ0v) is 9.70. The third kappa shape index (κ3) is 2.07. The fraction of sp³-hybridized carbons (Fsp3) is 0.0714. The maximum Gasteiger partial charge on any atom is 0.264 e. The summed E-state index contributed by atoms with van der Waals surface area (Å²) >= 11 is 0. The molecule has 0 saturated carbocycles. The summed E-state index contributed by atoms with van der Waals surface area (Å²) in [5.74, 6) is -0.0821. The van der Waals surface area contributed by atoms with Gasteiger partial charge in [0.25, 0.3) is 6.43 Å². The smallest absolute Gasteiger partial charge is 0.264 e. The van der Waals surface area contributed by atoms with Gasteiger partial charge in [-0.25, -0.2) is 18.2 Å². The monoisotopic (exact) mass is 262 g/mol. The lowest BCUT2D eigenvalue weighted by molar-refractivity contribution is 0.152. The minimum Gasteiger partial charge on any atom is -0.338 e. The van der Waals surface area contributed by atoms with Crippen molar-refractivity contribution < 1.29 is 13.2 Å². The first-order chi connectivity index (χ1) is 9.15. The maximum atomic E-state index is 13.1. The van der Waals surface area contributed by atoms with Gasteiger partial charge in [-0.3, -0.25) is 0 Å². The molecule has 0 radical (unpaired) electrons. The zero-order valence-electron chi connectivity index (χ0n) is 9.70. The second kappa shape index (κ2) is 4.42. The van der Waals surface area contributed by atoms with Crippen LogP contribution in [0.1, 0.15) is 12.0 Å². The van der Waals surface area contributed by atoms with Crippen LogP contribution in [0.2, 0.25) is 0 Å². The first-order valence-corrected chi connectivity index (χ1v) is 5.68. The number of hydrogen-bond acceptors (Lipinski definition) is 1. The molecule has 2 aromatic carbocycles. The van der Waals surface area contributed by atoms with Crippen molar-refractivity contribution >= 4 is 11.0 Å². The fourth-order valence-corrected chi connectivity index (χ4v) is 2.01. The molecule has 0 aliphatic carbocycles. The lowest BCUT2D eigenvalue weighted by Gasteiger charge is -2.05. The summed E-state index contributed by atoms with van der Waals surface area (Å²) in [6.07, 6.45) is -2.58. The van der Waals surface area contributed by atoms with Crippen LogP contribution < -0.4 is 0 Å². The van der Waals surface area contributed by atoms with Crippen LogP contribution in [0.3, 0.4) is 0 Å². The summed E-state index contributed by atoms with van der Waals surface area (Å²) in [5.41, 5.74) is 1.26. The van der Waals surface area contributed by atoms with Gasteiger partial charge >= 0.3 is 0 Å². The number of imidazole rings is 1. The van der Waals surface area contributed by atoms with Crippen LogP contribution in [-0.2, 0) is 0 Å². The highest BCUT2D eigenvalue weighted by atomic mass is 19.3. The van der Waals surface area contributed by atoms with Crippen molar-refractivity contribution in [3.05, 3.63) is 53.8 Å². The molecule has 2 nitrogen and oxygen atoms in total. The first kappa shape index (κ1) is 11.8. The molecule has 1 aromatic heterocycles. The number of nitrogens with zero attached hydrogens (tertiary/aromatic N) is 1. The van der Waals surface area contributed by atoms with E-state index in [1.807, 2.05) is 0 Å². The number of rotatable bonds is 2. The molecule has 1 heterocycles. The lowest BCUT2D eigenvalue weighted by atomic mass is 10.1. The molecule has 1 N–H and O–H groups in total. The molecule has 0 aliphatic heterocycles. The Balaban J connectivity index is 2.19. The number of benzene rings is 2. The Labute approximate surface area is 106 Å². The number of H-pyrrole nitrogens is 1. The van der Waals surface area contributed by atoms with Crippen LogP contribution in [0.25, 0.3) is 22.4 Å². The number of aromatic nitrogens is 2. The molecule has 5 heteroatoms. The average molecular weight is 262 g/mol. The van der Waals surface area contributed by atoms with Crippen LogP contribution >= 0.6 is 0 Å². The minimum atomic E-state index is -2.58. The minimum absolute atomic E-state index is 0.0953. The van der Waals surface area contributed by atoms with Gasteiger partial charge in [0.05, 0.1) is 11.0 Å². The predicted molar refractivity (Wildman–Crippen MR) is 66.4 cm³/mol. The highest BCUT2D eigenvalue weighted by Crippen LogP contribution is 2.30. The molecule has 0 spiro atoms. The third-order valence-electron chi connectivity index (χ3n) is 2.89. The summed E-state index contributed by atoms with van der Waals surface area (Å²) in [7, 11) is 0. The van der Waals surface area contributed by atoms with Crippen LogP contribution in [0, 0.1) is 5.82 Å². The van der Waals surface area contributed by atoms with E-state index >= 15 is 0 Å². The molecule has 0 fully saturated rings. The maximum absolute atomic E-state index is 13.1. The fourth-order valence-electron chi connectivity index (χ4n) is 2.01. The second-order valence-corrected chi connectivity index (χ2v) is 4.13. The molecule has 19 heavy (non-hydrogen) atoms. The van der Waals surface area contributed by atoms with E-state index in [2.05, 4.69) is 9.97 Å². The van der Waals surface area contributed by atoms with Gasteiger partial charge in [-0.1, -0.05) is 24.3 Å². The number of aromatic amines is 1. The van der Waals surface area contributed by atoms with E-state index in [0.717, 1.165) is 0 Å². The summed E-state index contributed by atoms with van der Waals surface area (Å²) in [6, 6.07) is 10.2. The molecule has 0 atom stereocenters. The van der Waals surface area contributed by atoms with Crippen molar-refractivity contribution in [1.29, 1.82) is 0 Å². The average Bonchev–Trinajstić information content (AvgIpc) is 2.81. The van der Waals surface area contributed by atoms with Crippen LogP contribution in [0.15, 0.2) is 42.5 Å². The number of hydrogen-bond donors (Lipinski definition) is 1. The van der Waals surface area contributed by atoms with Crippen molar-refractivity contribution in [2.45, 2.75) is 6.43 Å². The quantitative estimate of drug-likeness (QED) is 0.732. The Hall–Kier alpha value is -2.30. The van der Waals surface area contributed by atoms with Gasteiger partial charge in [-0.15, -0.1) is 0 Å². The van der Waals surface area contributed by atoms with Gasteiger partial charge in [0.1, 0.15) is 11.6 Å². The van der Waals surface area contributed by atoms with Gasteiger partial charge in [0.2, 0.25) is 0 Å². The largest absolute Gasteiger partial charge is 0.338 e. The summed E-state index contributed by atoms with van der Waals surface area (Å²) in [6.45, 7) is 0. The van der Waals surface area contributed by atoms with E-state index in [4.69, 9.17) is 0 Å². The first-order valence-electron chi connectivity index (χ1n) is 5.68. The molecule has 0 aliphatic rings. The van der Waals surface area contributed by atoms with E-state index in [0.29, 0.717) is 22.4 Å². The van der Waals surface area contributed by atoms with E-state index < -0.39 is 12.2 Å².